The summed E-state index contributed by atoms with van der Waals surface area (Å²) in [6.45, 7) is 6.33. The van der Waals surface area contributed by atoms with Crippen LogP contribution in [0.3, 0.4) is 0 Å². The number of aliphatic imine (C=N–C) groups is 1. The molecular formula is C30H29ClN4O2S2. The second-order valence-electron chi connectivity index (χ2n) is 10.4. The number of carbonyl (C=O) groups excluding carboxylic acids is 1. The van der Waals surface area contributed by atoms with Gasteiger partial charge in [0.2, 0.25) is 5.91 Å². The first-order valence-corrected chi connectivity index (χ1v) is 15.8. The van der Waals surface area contributed by atoms with Gasteiger partial charge >= 0.3 is 0 Å². The van der Waals surface area contributed by atoms with Gasteiger partial charge in [0.25, 0.3) is 0 Å². The van der Waals surface area contributed by atoms with Crippen LogP contribution >= 0.6 is 22.9 Å². The number of rotatable bonds is 4. The van der Waals surface area contributed by atoms with Crippen molar-refractivity contribution in [1.29, 1.82) is 0 Å². The summed E-state index contributed by atoms with van der Waals surface area (Å²) in [5.41, 5.74) is 8.88. The summed E-state index contributed by atoms with van der Waals surface area (Å²) in [4.78, 5) is 21.3. The van der Waals surface area contributed by atoms with Gasteiger partial charge in [0.05, 0.1) is 17.8 Å². The quantitative estimate of drug-likeness (QED) is 0.389. The Hall–Kier alpha value is -2.94. The number of anilines is 1. The van der Waals surface area contributed by atoms with E-state index in [1.807, 2.05) is 60.7 Å². The number of amides is 1. The number of hydrogen-bond acceptors (Lipinski definition) is 6. The van der Waals surface area contributed by atoms with E-state index >= 15 is 0 Å². The average Bonchev–Trinajstić information content (AvgIpc) is 3.55. The summed E-state index contributed by atoms with van der Waals surface area (Å²) in [7, 11) is -0.866. The molecule has 9 heteroatoms. The van der Waals surface area contributed by atoms with Gasteiger partial charge in [-0.05, 0) is 74.6 Å². The van der Waals surface area contributed by atoms with Crippen LogP contribution in [-0.4, -0.2) is 33.3 Å². The summed E-state index contributed by atoms with van der Waals surface area (Å²) >= 11 is 8.06. The molecule has 1 unspecified atom stereocenters. The minimum atomic E-state index is -0.866. The van der Waals surface area contributed by atoms with E-state index in [2.05, 4.69) is 29.4 Å². The van der Waals surface area contributed by atoms with E-state index in [1.165, 1.54) is 15.3 Å². The van der Waals surface area contributed by atoms with E-state index in [-0.39, 0.29) is 18.2 Å². The van der Waals surface area contributed by atoms with Crippen LogP contribution in [0.15, 0.2) is 57.7 Å². The van der Waals surface area contributed by atoms with Crippen molar-refractivity contribution in [3.8, 4) is 0 Å². The van der Waals surface area contributed by atoms with Gasteiger partial charge in [-0.2, -0.15) is 10.2 Å². The monoisotopic (exact) mass is 576 g/mol. The molecule has 0 bridgehead atoms. The highest BCUT2D eigenvalue weighted by atomic mass is 35.5. The molecule has 0 aliphatic carbocycles. The van der Waals surface area contributed by atoms with E-state index in [4.69, 9.17) is 16.6 Å². The highest BCUT2D eigenvalue weighted by Gasteiger charge is 2.35. The topological polar surface area (TPSA) is 83.2 Å². The van der Waals surface area contributed by atoms with E-state index in [0.717, 1.165) is 52.2 Å². The fourth-order valence-electron chi connectivity index (χ4n) is 5.63. The summed E-state index contributed by atoms with van der Waals surface area (Å²) < 4.78 is 12.0. The van der Waals surface area contributed by atoms with Crippen LogP contribution in [0.25, 0.3) is 0 Å². The van der Waals surface area contributed by atoms with Crippen molar-refractivity contribution in [2.24, 2.45) is 21.1 Å². The van der Waals surface area contributed by atoms with E-state index in [9.17, 15) is 9.00 Å². The van der Waals surface area contributed by atoms with Crippen molar-refractivity contribution in [2.45, 2.75) is 57.6 Å². The molecular weight excluding hydrogens is 548 g/mol. The summed E-state index contributed by atoms with van der Waals surface area (Å²) in [6.07, 6.45) is 1.92. The number of aryl methyl sites for hydroxylation is 2. The highest BCUT2D eigenvalue weighted by Crippen LogP contribution is 2.35. The Morgan fingerprint density at radius 1 is 1.08 bits per heavy atom. The Labute approximate surface area is 239 Å². The standard InChI is InChI=1S/C30H29ClN4O2S2/c1-16-18(3)38-26-11-10-24-17(2)34-35-30(24)25(33-29(28(16)26)19-4-7-22(31)8-5-19)13-27(36)32-23-9-6-20-14-39(37)15-21(20)12-23/h4-9,12,24-25H,10-11,13-15H2,1-3H3,(H,32,36)/t24?,25-,39+/m0/s1. The third-order valence-electron chi connectivity index (χ3n) is 7.79. The number of fused-ring (bicyclic) bond motifs is 3. The number of carbonyl (C=O) groups is 1. The van der Waals surface area contributed by atoms with Crippen LogP contribution in [0.5, 0.6) is 0 Å². The molecule has 1 N–H and O–H groups in total. The van der Waals surface area contributed by atoms with Crippen LogP contribution in [0.4, 0.5) is 5.69 Å². The SMILES string of the molecule is CC1=NN=C2C1CCc1sc(C)c(C)c1C(c1ccc(Cl)cc1)=N[C@H]2CC(=O)Nc1ccc2c(c1)C[S@](=O)C2. The average molecular weight is 577 g/mol. The van der Waals surface area contributed by atoms with Gasteiger partial charge in [-0.3, -0.25) is 14.0 Å². The summed E-state index contributed by atoms with van der Waals surface area (Å²) in [6, 6.07) is 13.1. The molecule has 2 aromatic carbocycles. The molecule has 6 nitrogen and oxygen atoms in total. The van der Waals surface area contributed by atoms with E-state index in [1.54, 1.807) is 0 Å². The van der Waals surface area contributed by atoms with Crippen molar-refractivity contribution >= 4 is 62.5 Å². The lowest BCUT2D eigenvalue weighted by atomic mass is 9.88. The zero-order valence-corrected chi connectivity index (χ0v) is 24.5. The third-order valence-corrected chi connectivity index (χ3v) is 10.6. The van der Waals surface area contributed by atoms with Crippen LogP contribution in [0.2, 0.25) is 5.02 Å². The van der Waals surface area contributed by atoms with Crippen LogP contribution in [0.1, 0.15) is 57.3 Å². The molecule has 200 valence electrons. The first-order chi connectivity index (χ1) is 18.8. The van der Waals surface area contributed by atoms with Gasteiger partial charge in [-0.15, -0.1) is 11.3 Å². The first kappa shape index (κ1) is 26.3. The Kier molecular flexibility index (Phi) is 7.12. The lowest BCUT2D eigenvalue weighted by molar-refractivity contribution is -0.116. The van der Waals surface area contributed by atoms with Gasteiger partial charge in [0, 0.05) is 65.5 Å². The number of nitrogens with zero attached hydrogens (tertiary/aromatic N) is 3. The maximum atomic E-state index is 13.5. The number of hydrogen-bond donors (Lipinski definition) is 1. The van der Waals surface area contributed by atoms with Crippen LogP contribution < -0.4 is 5.32 Å². The molecule has 0 saturated carbocycles. The van der Waals surface area contributed by atoms with Gasteiger partial charge in [-0.25, -0.2) is 0 Å². The molecule has 1 aromatic heterocycles. The number of halogens is 1. The maximum Gasteiger partial charge on any atom is 0.226 e. The lowest BCUT2D eigenvalue weighted by Gasteiger charge is -2.19. The molecule has 4 heterocycles. The smallest absolute Gasteiger partial charge is 0.226 e. The van der Waals surface area contributed by atoms with Crippen molar-refractivity contribution in [1.82, 2.24) is 0 Å². The third kappa shape index (κ3) is 5.17. The molecule has 3 atom stereocenters. The molecule has 3 aromatic rings. The zero-order chi connectivity index (χ0) is 27.3. The van der Waals surface area contributed by atoms with Gasteiger partial charge in [0.1, 0.15) is 6.04 Å². The Balaban J connectivity index is 1.39. The Morgan fingerprint density at radius 3 is 2.64 bits per heavy atom. The predicted molar refractivity (Wildman–Crippen MR) is 162 cm³/mol. The van der Waals surface area contributed by atoms with Crippen molar-refractivity contribution in [3.63, 3.8) is 0 Å². The molecule has 0 radical (unpaired) electrons. The molecule has 3 aliphatic heterocycles. The molecule has 0 spiro atoms. The molecule has 3 aliphatic rings. The molecule has 39 heavy (non-hydrogen) atoms. The maximum absolute atomic E-state index is 13.5. The summed E-state index contributed by atoms with van der Waals surface area (Å²) in [5, 5.41) is 12.7. The fraction of sp³-hybridized carbons (Fsp3) is 0.333. The number of nitrogens with one attached hydrogen (secondary N) is 1. The van der Waals surface area contributed by atoms with Gasteiger partial charge in [-0.1, -0.05) is 29.8 Å². The molecule has 0 fully saturated rings. The number of thiophene rings is 1. The largest absolute Gasteiger partial charge is 0.326 e. The summed E-state index contributed by atoms with van der Waals surface area (Å²) in [5.74, 6) is 1.04. The molecule has 1 amide bonds. The van der Waals surface area contributed by atoms with Gasteiger partial charge in [0.15, 0.2) is 0 Å². The van der Waals surface area contributed by atoms with Crippen molar-refractivity contribution < 1.29 is 9.00 Å². The fourth-order valence-corrected chi connectivity index (χ4v) is 8.30. The Bertz CT molecular complexity index is 1600. The molecule has 6 rings (SSSR count). The molecule has 0 saturated heterocycles. The zero-order valence-electron chi connectivity index (χ0n) is 22.1. The minimum Gasteiger partial charge on any atom is -0.326 e. The van der Waals surface area contributed by atoms with E-state index < -0.39 is 16.8 Å². The normalized spacial score (nSPS) is 21.9. The van der Waals surface area contributed by atoms with E-state index in [0.29, 0.717) is 22.2 Å². The lowest BCUT2D eigenvalue weighted by Crippen LogP contribution is -2.32. The highest BCUT2D eigenvalue weighted by molar-refractivity contribution is 7.83. The number of benzene rings is 2. The van der Waals surface area contributed by atoms with Crippen LogP contribution in [0, 0.1) is 19.8 Å². The minimum absolute atomic E-state index is 0.0571. The van der Waals surface area contributed by atoms with Crippen molar-refractivity contribution in [3.05, 3.63) is 85.1 Å². The first-order valence-electron chi connectivity index (χ1n) is 13.1. The second kappa shape index (κ2) is 10.6. The van der Waals surface area contributed by atoms with Crippen LogP contribution in [-0.2, 0) is 33.5 Å². The van der Waals surface area contributed by atoms with Gasteiger partial charge < -0.3 is 5.32 Å². The Morgan fingerprint density at radius 2 is 1.85 bits per heavy atom. The second-order valence-corrected chi connectivity index (χ2v) is 13.6. The predicted octanol–water partition coefficient (Wildman–Crippen LogP) is 6.41. The van der Waals surface area contributed by atoms with Crippen molar-refractivity contribution in [2.75, 3.05) is 5.32 Å².